The summed E-state index contributed by atoms with van der Waals surface area (Å²) in [6.45, 7) is 1.85. The number of hydrogen-bond acceptors (Lipinski definition) is 3. The van der Waals surface area contributed by atoms with Crippen LogP contribution in [-0.4, -0.2) is 17.4 Å². The maximum Gasteiger partial charge on any atom is 0.253 e. The Morgan fingerprint density at radius 1 is 1.19 bits per heavy atom. The number of carbonyl (C=O) groups excluding carboxylic acids is 1. The van der Waals surface area contributed by atoms with Crippen molar-refractivity contribution in [3.05, 3.63) is 65.2 Å². The van der Waals surface area contributed by atoms with Crippen LogP contribution in [0.4, 0.5) is 0 Å². The van der Waals surface area contributed by atoms with Crippen LogP contribution in [-0.2, 0) is 4.79 Å². The van der Waals surface area contributed by atoms with E-state index in [1.54, 1.807) is 12.3 Å². The molecule has 1 amide bonds. The van der Waals surface area contributed by atoms with E-state index >= 15 is 0 Å². The highest BCUT2D eigenvalue weighted by atomic mass is 35.5. The van der Waals surface area contributed by atoms with Crippen molar-refractivity contribution in [2.45, 2.75) is 17.1 Å². The summed E-state index contributed by atoms with van der Waals surface area (Å²) in [6, 6.07) is 17.1. The Balaban J connectivity index is 1.88. The normalized spacial score (nSPS) is 12.3. The second kappa shape index (κ2) is 7.86. The highest BCUT2D eigenvalue weighted by Crippen LogP contribution is 2.22. The molecule has 0 fully saturated rings. The fourth-order valence-electron chi connectivity index (χ4n) is 1.59. The standard InChI is InChI=1S/C16H15ClN2OS/c1-12(21-14-8-3-2-4-9-14)16(20)19-18-11-13-7-5-6-10-15(13)17/h2-12H,1H3,(H,19,20)/b18-11-/t12-/m0/s1. The Labute approximate surface area is 133 Å². The smallest absolute Gasteiger partial charge is 0.253 e. The lowest BCUT2D eigenvalue weighted by Crippen LogP contribution is -2.26. The van der Waals surface area contributed by atoms with E-state index in [1.807, 2.05) is 55.5 Å². The minimum Gasteiger partial charge on any atom is -0.272 e. The number of hydrazone groups is 1. The van der Waals surface area contributed by atoms with Gasteiger partial charge in [-0.1, -0.05) is 48.0 Å². The van der Waals surface area contributed by atoms with Crippen LogP contribution in [0.5, 0.6) is 0 Å². The molecule has 0 bridgehead atoms. The van der Waals surface area contributed by atoms with E-state index in [9.17, 15) is 4.79 Å². The average Bonchev–Trinajstić information content (AvgIpc) is 2.50. The number of rotatable bonds is 5. The zero-order chi connectivity index (χ0) is 15.1. The quantitative estimate of drug-likeness (QED) is 0.515. The van der Waals surface area contributed by atoms with Gasteiger partial charge in [0.25, 0.3) is 5.91 Å². The van der Waals surface area contributed by atoms with Crippen LogP contribution in [0, 0.1) is 0 Å². The Morgan fingerprint density at radius 3 is 2.57 bits per heavy atom. The van der Waals surface area contributed by atoms with Gasteiger partial charge in [0.2, 0.25) is 0 Å². The van der Waals surface area contributed by atoms with Crippen molar-refractivity contribution in [3.63, 3.8) is 0 Å². The van der Waals surface area contributed by atoms with Gasteiger partial charge in [0.15, 0.2) is 0 Å². The number of nitrogens with one attached hydrogen (secondary N) is 1. The average molecular weight is 319 g/mol. The molecule has 2 rings (SSSR count). The minimum atomic E-state index is -0.226. The molecule has 0 aliphatic rings. The molecule has 0 spiro atoms. The van der Waals surface area contributed by atoms with Gasteiger partial charge in [0.1, 0.15) is 0 Å². The van der Waals surface area contributed by atoms with E-state index in [0.29, 0.717) is 5.02 Å². The third kappa shape index (κ3) is 4.92. The maximum absolute atomic E-state index is 11.9. The molecule has 2 aromatic rings. The van der Waals surface area contributed by atoms with E-state index in [0.717, 1.165) is 10.5 Å². The van der Waals surface area contributed by atoms with Crippen LogP contribution in [0.3, 0.4) is 0 Å². The van der Waals surface area contributed by atoms with E-state index in [-0.39, 0.29) is 11.2 Å². The molecule has 0 aromatic heterocycles. The topological polar surface area (TPSA) is 41.5 Å². The first-order valence-corrected chi connectivity index (χ1v) is 7.72. The third-order valence-corrected chi connectivity index (χ3v) is 4.17. The van der Waals surface area contributed by atoms with Crippen LogP contribution in [0.15, 0.2) is 64.6 Å². The van der Waals surface area contributed by atoms with Gasteiger partial charge in [-0.15, -0.1) is 11.8 Å². The summed E-state index contributed by atoms with van der Waals surface area (Å²) in [4.78, 5) is 13.0. The van der Waals surface area contributed by atoms with Crippen LogP contribution in [0.1, 0.15) is 12.5 Å². The molecule has 0 saturated heterocycles. The van der Waals surface area contributed by atoms with Crippen LogP contribution in [0.25, 0.3) is 0 Å². The number of halogens is 1. The highest BCUT2D eigenvalue weighted by molar-refractivity contribution is 8.00. The number of amides is 1. The van der Waals surface area contributed by atoms with Crippen molar-refractivity contribution < 1.29 is 4.79 Å². The fraction of sp³-hybridized carbons (Fsp3) is 0.125. The molecule has 0 radical (unpaired) electrons. The van der Waals surface area contributed by atoms with Gasteiger partial charge in [-0.2, -0.15) is 5.10 Å². The summed E-state index contributed by atoms with van der Waals surface area (Å²) < 4.78 is 0. The molecular weight excluding hydrogens is 304 g/mol. The van der Waals surface area contributed by atoms with E-state index in [4.69, 9.17) is 11.6 Å². The second-order valence-electron chi connectivity index (χ2n) is 4.33. The molecule has 1 atom stereocenters. The highest BCUT2D eigenvalue weighted by Gasteiger charge is 2.13. The van der Waals surface area contributed by atoms with Gasteiger partial charge in [-0.3, -0.25) is 4.79 Å². The first-order valence-electron chi connectivity index (χ1n) is 6.46. The molecule has 1 N–H and O–H groups in total. The van der Waals surface area contributed by atoms with Gasteiger partial charge in [0, 0.05) is 15.5 Å². The molecule has 5 heteroatoms. The summed E-state index contributed by atoms with van der Waals surface area (Å²) in [5, 5.41) is 4.32. The predicted octanol–water partition coefficient (Wildman–Crippen LogP) is 3.97. The van der Waals surface area contributed by atoms with E-state index in [2.05, 4.69) is 10.5 Å². The first-order chi connectivity index (χ1) is 10.2. The zero-order valence-electron chi connectivity index (χ0n) is 11.5. The molecule has 0 aliphatic heterocycles. The summed E-state index contributed by atoms with van der Waals surface area (Å²) in [7, 11) is 0. The van der Waals surface area contributed by atoms with E-state index in [1.165, 1.54) is 11.8 Å². The van der Waals surface area contributed by atoms with Gasteiger partial charge in [-0.25, -0.2) is 5.43 Å². The lowest BCUT2D eigenvalue weighted by molar-refractivity contribution is -0.120. The Hall–Kier alpha value is -1.78. The molecule has 21 heavy (non-hydrogen) atoms. The Kier molecular flexibility index (Phi) is 5.84. The second-order valence-corrected chi connectivity index (χ2v) is 6.15. The molecule has 2 aromatic carbocycles. The fourth-order valence-corrected chi connectivity index (χ4v) is 2.66. The van der Waals surface area contributed by atoms with Crippen molar-refractivity contribution in [2.75, 3.05) is 0 Å². The number of thioether (sulfide) groups is 1. The number of hydrogen-bond donors (Lipinski definition) is 1. The largest absolute Gasteiger partial charge is 0.272 e. The van der Waals surface area contributed by atoms with Crippen LogP contribution < -0.4 is 5.43 Å². The number of carbonyl (C=O) groups is 1. The summed E-state index contributed by atoms with van der Waals surface area (Å²) in [6.07, 6.45) is 1.54. The molecule has 0 heterocycles. The van der Waals surface area contributed by atoms with Gasteiger partial charge < -0.3 is 0 Å². The summed E-state index contributed by atoms with van der Waals surface area (Å²) in [5.41, 5.74) is 3.30. The maximum atomic E-state index is 11.9. The zero-order valence-corrected chi connectivity index (χ0v) is 13.1. The van der Waals surface area contributed by atoms with Crippen LogP contribution in [0.2, 0.25) is 5.02 Å². The monoisotopic (exact) mass is 318 g/mol. The molecular formula is C16H15ClN2OS. The Bertz CT molecular complexity index is 631. The van der Waals surface area contributed by atoms with Gasteiger partial charge in [0.05, 0.1) is 11.5 Å². The predicted molar refractivity (Wildman–Crippen MR) is 88.9 cm³/mol. The van der Waals surface area contributed by atoms with Crippen molar-refractivity contribution in [3.8, 4) is 0 Å². The Morgan fingerprint density at radius 2 is 1.86 bits per heavy atom. The summed E-state index contributed by atoms with van der Waals surface area (Å²) >= 11 is 7.49. The SMILES string of the molecule is C[C@H](Sc1ccccc1)C(=O)N/N=C\c1ccccc1Cl. The number of nitrogens with zero attached hydrogens (tertiary/aromatic N) is 1. The molecule has 3 nitrogen and oxygen atoms in total. The van der Waals surface area contributed by atoms with Crippen molar-refractivity contribution in [1.82, 2.24) is 5.43 Å². The summed E-state index contributed by atoms with van der Waals surface area (Å²) in [5.74, 6) is -0.146. The van der Waals surface area contributed by atoms with Crippen LogP contribution >= 0.6 is 23.4 Å². The van der Waals surface area contributed by atoms with E-state index < -0.39 is 0 Å². The number of benzene rings is 2. The van der Waals surface area contributed by atoms with Crippen molar-refractivity contribution in [1.29, 1.82) is 0 Å². The van der Waals surface area contributed by atoms with Gasteiger partial charge >= 0.3 is 0 Å². The minimum absolute atomic E-state index is 0.146. The molecule has 0 unspecified atom stereocenters. The van der Waals surface area contributed by atoms with Gasteiger partial charge in [-0.05, 0) is 25.1 Å². The molecule has 0 saturated carbocycles. The molecule has 108 valence electrons. The lowest BCUT2D eigenvalue weighted by atomic mass is 10.2. The molecule has 0 aliphatic carbocycles. The third-order valence-electron chi connectivity index (χ3n) is 2.71. The van der Waals surface area contributed by atoms with Crippen molar-refractivity contribution in [2.24, 2.45) is 5.10 Å². The van der Waals surface area contributed by atoms with Crippen molar-refractivity contribution >= 4 is 35.5 Å². The first kappa shape index (κ1) is 15.6. The lowest BCUT2D eigenvalue weighted by Gasteiger charge is -2.09.